The second-order valence-electron chi connectivity index (χ2n) is 6.80. The van der Waals surface area contributed by atoms with E-state index in [0.29, 0.717) is 12.3 Å². The zero-order valence-electron chi connectivity index (χ0n) is 13.0. The highest BCUT2D eigenvalue weighted by atomic mass is 79.9. The Morgan fingerprint density at radius 3 is 2.52 bits per heavy atom. The zero-order chi connectivity index (χ0) is 15.6. The summed E-state index contributed by atoms with van der Waals surface area (Å²) in [5.74, 6) is -0.143. The van der Waals surface area contributed by atoms with Gasteiger partial charge in [0.05, 0.1) is 5.41 Å². The van der Waals surface area contributed by atoms with Crippen LogP contribution in [0.3, 0.4) is 0 Å². The van der Waals surface area contributed by atoms with Crippen molar-refractivity contribution < 1.29 is 9.90 Å². The third kappa shape index (κ3) is 4.07. The SMILES string of the molecule is CN1CCC(c2ccc(CC(C)(C)C(=O)O)cc2Br)CC1. The van der Waals surface area contributed by atoms with Gasteiger partial charge in [-0.1, -0.05) is 28.1 Å². The molecule has 3 nitrogen and oxygen atoms in total. The quantitative estimate of drug-likeness (QED) is 0.891. The van der Waals surface area contributed by atoms with E-state index in [1.54, 1.807) is 13.8 Å². The minimum absolute atomic E-state index is 0.550. The molecule has 0 aromatic heterocycles. The van der Waals surface area contributed by atoms with Crippen molar-refractivity contribution in [3.63, 3.8) is 0 Å². The molecular formula is C17H24BrNO2. The molecule has 1 fully saturated rings. The van der Waals surface area contributed by atoms with Crippen molar-refractivity contribution >= 4 is 21.9 Å². The van der Waals surface area contributed by atoms with Crippen molar-refractivity contribution in [3.05, 3.63) is 33.8 Å². The van der Waals surface area contributed by atoms with Gasteiger partial charge in [-0.05, 0) is 76.4 Å². The normalized spacial score (nSPS) is 17.9. The largest absolute Gasteiger partial charge is 0.481 e. The van der Waals surface area contributed by atoms with Crippen LogP contribution in [0.5, 0.6) is 0 Å². The lowest BCUT2D eigenvalue weighted by atomic mass is 9.84. The van der Waals surface area contributed by atoms with E-state index in [4.69, 9.17) is 0 Å². The van der Waals surface area contributed by atoms with E-state index in [2.05, 4.69) is 46.1 Å². The molecule has 1 N–H and O–H groups in total. The van der Waals surface area contributed by atoms with Gasteiger partial charge < -0.3 is 10.0 Å². The van der Waals surface area contributed by atoms with E-state index in [1.165, 1.54) is 18.4 Å². The van der Waals surface area contributed by atoms with Crippen molar-refractivity contribution in [2.75, 3.05) is 20.1 Å². The molecule has 1 heterocycles. The molecule has 1 aromatic carbocycles. The summed E-state index contributed by atoms with van der Waals surface area (Å²) in [4.78, 5) is 13.6. The summed E-state index contributed by atoms with van der Waals surface area (Å²) in [6.45, 7) is 5.83. The molecule has 2 rings (SSSR count). The molecule has 0 aliphatic carbocycles. The molecule has 1 saturated heterocycles. The number of piperidine rings is 1. The number of hydrogen-bond donors (Lipinski definition) is 1. The van der Waals surface area contributed by atoms with E-state index >= 15 is 0 Å². The van der Waals surface area contributed by atoms with Crippen LogP contribution in [0.1, 0.15) is 43.7 Å². The number of hydrogen-bond acceptors (Lipinski definition) is 2. The van der Waals surface area contributed by atoms with Crippen molar-refractivity contribution in [1.29, 1.82) is 0 Å². The molecule has 116 valence electrons. The van der Waals surface area contributed by atoms with Crippen LogP contribution in [0.15, 0.2) is 22.7 Å². The number of likely N-dealkylation sites (tertiary alicyclic amines) is 1. The molecule has 0 bridgehead atoms. The van der Waals surface area contributed by atoms with Gasteiger partial charge in [0.25, 0.3) is 0 Å². The molecule has 0 radical (unpaired) electrons. The summed E-state index contributed by atoms with van der Waals surface area (Å²) in [6, 6.07) is 6.36. The number of nitrogens with zero attached hydrogens (tertiary/aromatic N) is 1. The molecule has 1 aliphatic rings. The Balaban J connectivity index is 2.12. The van der Waals surface area contributed by atoms with Gasteiger partial charge in [-0.2, -0.15) is 0 Å². The number of halogens is 1. The molecule has 4 heteroatoms. The number of rotatable bonds is 4. The summed E-state index contributed by atoms with van der Waals surface area (Å²) in [5.41, 5.74) is 1.71. The zero-order valence-corrected chi connectivity index (χ0v) is 14.6. The van der Waals surface area contributed by atoms with Gasteiger partial charge in [0.2, 0.25) is 0 Å². The molecule has 0 atom stereocenters. The van der Waals surface area contributed by atoms with Gasteiger partial charge in [0.15, 0.2) is 0 Å². The summed E-state index contributed by atoms with van der Waals surface area (Å²) in [5, 5.41) is 9.24. The monoisotopic (exact) mass is 353 g/mol. The topological polar surface area (TPSA) is 40.5 Å². The molecule has 0 saturated carbocycles. The maximum atomic E-state index is 11.2. The van der Waals surface area contributed by atoms with Gasteiger partial charge in [-0.3, -0.25) is 4.79 Å². The highest BCUT2D eigenvalue weighted by Crippen LogP contribution is 2.34. The van der Waals surface area contributed by atoms with Crippen molar-refractivity contribution in [3.8, 4) is 0 Å². The fourth-order valence-corrected chi connectivity index (χ4v) is 3.67. The van der Waals surface area contributed by atoms with Gasteiger partial charge >= 0.3 is 5.97 Å². The third-order valence-corrected chi connectivity index (χ3v) is 5.14. The summed E-state index contributed by atoms with van der Waals surface area (Å²) in [7, 11) is 2.17. The van der Waals surface area contributed by atoms with Crippen LogP contribution in [-0.2, 0) is 11.2 Å². The second-order valence-corrected chi connectivity index (χ2v) is 7.65. The third-order valence-electron chi connectivity index (χ3n) is 4.45. The van der Waals surface area contributed by atoms with E-state index in [-0.39, 0.29) is 0 Å². The molecule has 1 aliphatic heterocycles. The van der Waals surface area contributed by atoms with E-state index < -0.39 is 11.4 Å². The first-order chi connectivity index (χ1) is 9.79. The Bertz CT molecular complexity index is 520. The number of carboxylic acids is 1. The van der Waals surface area contributed by atoms with E-state index in [0.717, 1.165) is 23.1 Å². The first-order valence-electron chi connectivity index (χ1n) is 7.50. The molecule has 0 amide bonds. The van der Waals surface area contributed by atoms with E-state index in [1.807, 2.05) is 0 Å². The Kier molecular flexibility index (Phi) is 5.10. The molecule has 0 unspecified atom stereocenters. The minimum atomic E-state index is -0.752. The average Bonchev–Trinajstić information content (AvgIpc) is 2.39. The second kappa shape index (κ2) is 6.49. The Labute approximate surface area is 135 Å². The molecular weight excluding hydrogens is 330 g/mol. The van der Waals surface area contributed by atoms with Crippen LogP contribution in [0.25, 0.3) is 0 Å². The minimum Gasteiger partial charge on any atom is -0.481 e. The van der Waals surface area contributed by atoms with Gasteiger partial charge in [0, 0.05) is 4.47 Å². The number of benzene rings is 1. The Hall–Kier alpha value is -0.870. The maximum Gasteiger partial charge on any atom is 0.309 e. The van der Waals surface area contributed by atoms with Crippen LogP contribution in [0.2, 0.25) is 0 Å². The summed E-state index contributed by atoms with van der Waals surface area (Å²) in [6.07, 6.45) is 2.93. The van der Waals surface area contributed by atoms with Crippen molar-refractivity contribution in [1.82, 2.24) is 4.90 Å². The fraction of sp³-hybridized carbons (Fsp3) is 0.588. The molecule has 0 spiro atoms. The van der Waals surface area contributed by atoms with Crippen LogP contribution in [-0.4, -0.2) is 36.1 Å². The fourth-order valence-electron chi connectivity index (χ4n) is 2.92. The summed E-state index contributed by atoms with van der Waals surface area (Å²) < 4.78 is 1.12. The van der Waals surface area contributed by atoms with Crippen molar-refractivity contribution in [2.24, 2.45) is 5.41 Å². The Morgan fingerprint density at radius 2 is 2.00 bits per heavy atom. The number of aliphatic carboxylic acids is 1. The lowest BCUT2D eigenvalue weighted by molar-refractivity contribution is -0.146. The maximum absolute atomic E-state index is 11.2. The predicted molar refractivity (Wildman–Crippen MR) is 88.7 cm³/mol. The van der Waals surface area contributed by atoms with Crippen LogP contribution in [0, 0.1) is 5.41 Å². The number of carboxylic acid groups (broad SMARTS) is 1. The lowest BCUT2D eigenvalue weighted by Gasteiger charge is -2.30. The van der Waals surface area contributed by atoms with Gasteiger partial charge in [-0.25, -0.2) is 0 Å². The first-order valence-corrected chi connectivity index (χ1v) is 8.29. The number of carbonyl (C=O) groups is 1. The van der Waals surface area contributed by atoms with E-state index in [9.17, 15) is 9.90 Å². The highest BCUT2D eigenvalue weighted by Gasteiger charge is 2.28. The molecule has 21 heavy (non-hydrogen) atoms. The summed E-state index contributed by atoms with van der Waals surface area (Å²) >= 11 is 3.68. The van der Waals surface area contributed by atoms with Crippen LogP contribution in [0.4, 0.5) is 0 Å². The standard InChI is InChI=1S/C17H24BrNO2/c1-17(2,16(20)21)11-12-4-5-14(15(18)10-12)13-6-8-19(3)9-7-13/h4-5,10,13H,6-9,11H2,1-3H3,(H,20,21). The first kappa shape index (κ1) is 16.5. The van der Waals surface area contributed by atoms with Crippen molar-refractivity contribution in [2.45, 2.75) is 39.0 Å². The Morgan fingerprint density at radius 1 is 1.38 bits per heavy atom. The molecule has 1 aromatic rings. The highest BCUT2D eigenvalue weighted by molar-refractivity contribution is 9.10. The van der Waals surface area contributed by atoms with Crippen LogP contribution >= 0.6 is 15.9 Å². The smallest absolute Gasteiger partial charge is 0.309 e. The van der Waals surface area contributed by atoms with Gasteiger partial charge in [0.1, 0.15) is 0 Å². The lowest BCUT2D eigenvalue weighted by Crippen LogP contribution is -2.29. The van der Waals surface area contributed by atoms with Gasteiger partial charge in [-0.15, -0.1) is 0 Å². The predicted octanol–water partition coefficient (Wildman–Crippen LogP) is 3.91. The average molecular weight is 354 g/mol. The van der Waals surface area contributed by atoms with Crippen LogP contribution < -0.4 is 0 Å².